The van der Waals surface area contributed by atoms with E-state index < -0.39 is 12.5 Å². The van der Waals surface area contributed by atoms with Gasteiger partial charge in [-0.15, -0.1) is 0 Å². The predicted octanol–water partition coefficient (Wildman–Crippen LogP) is 4.18. The number of rotatable bonds is 4. The largest absolute Gasteiger partial charge is 0.384 e. The van der Waals surface area contributed by atoms with Crippen LogP contribution in [0.15, 0.2) is 73.1 Å². The third kappa shape index (κ3) is 4.01. The van der Waals surface area contributed by atoms with Gasteiger partial charge in [-0.05, 0) is 60.2 Å². The molecule has 0 fully saturated rings. The summed E-state index contributed by atoms with van der Waals surface area (Å²) in [6.07, 6.45) is 3.10. The van der Waals surface area contributed by atoms with E-state index >= 15 is 0 Å². The molecule has 2 heterocycles. The van der Waals surface area contributed by atoms with Crippen LogP contribution in [-0.2, 0) is 6.50 Å². The topological polar surface area (TPSA) is 109 Å². The molecule has 0 unspecified atom stereocenters. The van der Waals surface area contributed by atoms with Crippen LogP contribution in [0, 0.1) is 11.3 Å². The lowest BCUT2D eigenvalue weighted by Crippen LogP contribution is -2.19. The van der Waals surface area contributed by atoms with Crippen molar-refractivity contribution in [2.24, 2.45) is 0 Å². The Labute approximate surface area is 170 Å². The highest BCUT2D eigenvalue weighted by Gasteiger charge is 2.09. The smallest absolute Gasteiger partial charge is 0.323 e. The van der Waals surface area contributed by atoms with Crippen molar-refractivity contribution < 1.29 is 7.54 Å². The fraction of sp³-hybridized carbons (Fsp3) is 0.0455. The standard InChI is InChI=1S/C22H18N6O/c23-13-15-4-6-17(7-5-15)26-22(29)27-19-2-1-3-20-18(19)9-11-28(20)14-16-8-10-25-21(24)12-16/h1-12H,14H2,(H2,24,25)(H2,26,27,29)/i14D2. The van der Waals surface area contributed by atoms with Crippen LogP contribution in [0.2, 0.25) is 0 Å². The van der Waals surface area contributed by atoms with Gasteiger partial charge in [0.1, 0.15) is 5.82 Å². The number of nitrogen functional groups attached to an aromatic ring is 1. The van der Waals surface area contributed by atoms with Crippen LogP contribution >= 0.6 is 0 Å². The van der Waals surface area contributed by atoms with E-state index in [-0.39, 0.29) is 5.82 Å². The predicted molar refractivity (Wildman–Crippen MR) is 113 cm³/mol. The van der Waals surface area contributed by atoms with Crippen molar-refractivity contribution in [2.45, 2.75) is 6.50 Å². The Morgan fingerprint density at radius 3 is 2.76 bits per heavy atom. The zero-order valence-corrected chi connectivity index (χ0v) is 15.3. The van der Waals surface area contributed by atoms with E-state index in [2.05, 4.69) is 15.6 Å². The van der Waals surface area contributed by atoms with Gasteiger partial charge in [-0.1, -0.05) is 6.07 Å². The summed E-state index contributed by atoms with van der Waals surface area (Å²) in [6, 6.07) is 18.2. The zero-order valence-electron chi connectivity index (χ0n) is 17.3. The van der Waals surface area contributed by atoms with Gasteiger partial charge in [0.25, 0.3) is 0 Å². The van der Waals surface area contributed by atoms with Crippen LogP contribution in [0.4, 0.5) is 22.0 Å². The number of pyridine rings is 1. The number of hydrogen-bond donors (Lipinski definition) is 3. The SMILES string of the molecule is [2H]C([2H])(c1ccnc(N)c1)n1ccc2c(NC(=O)Nc3ccc(C#N)cc3)cccc21. The first-order valence-corrected chi connectivity index (χ1v) is 8.79. The number of carbonyl (C=O) groups is 1. The minimum absolute atomic E-state index is 0.236. The number of hydrogen-bond acceptors (Lipinski definition) is 4. The molecule has 0 saturated heterocycles. The van der Waals surface area contributed by atoms with Crippen molar-refractivity contribution in [1.82, 2.24) is 9.55 Å². The summed E-state index contributed by atoms with van der Waals surface area (Å²) in [6.45, 7) is -1.87. The Hall–Kier alpha value is -4.31. The van der Waals surface area contributed by atoms with Crippen LogP contribution in [-0.4, -0.2) is 15.6 Å². The molecular weight excluding hydrogens is 364 g/mol. The van der Waals surface area contributed by atoms with Gasteiger partial charge in [0.05, 0.1) is 25.6 Å². The third-order valence-corrected chi connectivity index (χ3v) is 4.28. The number of amides is 2. The molecule has 0 aliphatic rings. The van der Waals surface area contributed by atoms with Gasteiger partial charge in [0.15, 0.2) is 0 Å². The lowest BCUT2D eigenvalue weighted by Gasteiger charge is -2.10. The molecule has 0 spiro atoms. The Morgan fingerprint density at radius 2 is 2.00 bits per heavy atom. The van der Waals surface area contributed by atoms with Crippen LogP contribution < -0.4 is 16.4 Å². The number of nitrogens with zero attached hydrogens (tertiary/aromatic N) is 3. The maximum atomic E-state index is 12.5. The maximum absolute atomic E-state index is 12.5. The molecule has 0 radical (unpaired) electrons. The van der Waals surface area contributed by atoms with Gasteiger partial charge in [0.2, 0.25) is 0 Å². The Morgan fingerprint density at radius 1 is 1.17 bits per heavy atom. The number of fused-ring (bicyclic) bond motifs is 1. The second-order valence-corrected chi connectivity index (χ2v) is 6.27. The second-order valence-electron chi connectivity index (χ2n) is 6.27. The number of benzene rings is 2. The van der Waals surface area contributed by atoms with E-state index in [0.717, 1.165) is 0 Å². The minimum atomic E-state index is -1.87. The zero-order chi connectivity index (χ0) is 22.0. The van der Waals surface area contributed by atoms with E-state index in [1.165, 1.54) is 16.8 Å². The number of nitriles is 1. The Balaban J connectivity index is 1.61. The minimum Gasteiger partial charge on any atom is -0.384 e. The molecule has 0 aliphatic heterocycles. The average molecular weight is 384 g/mol. The van der Waals surface area contributed by atoms with E-state index in [4.69, 9.17) is 13.7 Å². The first kappa shape index (κ1) is 15.7. The first-order valence-electron chi connectivity index (χ1n) is 9.79. The van der Waals surface area contributed by atoms with Gasteiger partial charge in [-0.3, -0.25) is 0 Å². The van der Waals surface area contributed by atoms with Crippen LogP contribution in [0.1, 0.15) is 13.9 Å². The van der Waals surface area contributed by atoms with E-state index in [1.807, 2.05) is 6.07 Å². The first-order chi connectivity index (χ1) is 14.9. The van der Waals surface area contributed by atoms with Crippen molar-refractivity contribution in [3.63, 3.8) is 0 Å². The molecule has 0 bridgehead atoms. The van der Waals surface area contributed by atoms with Gasteiger partial charge < -0.3 is 20.9 Å². The summed E-state index contributed by atoms with van der Waals surface area (Å²) in [5.41, 5.74) is 8.29. The van der Waals surface area contributed by atoms with Gasteiger partial charge in [0, 0.05) is 30.0 Å². The van der Waals surface area contributed by atoms with Gasteiger partial charge >= 0.3 is 6.03 Å². The average Bonchev–Trinajstić information content (AvgIpc) is 3.20. The molecule has 2 aromatic carbocycles. The van der Waals surface area contributed by atoms with Crippen molar-refractivity contribution in [1.29, 1.82) is 5.26 Å². The number of aromatic nitrogens is 2. The molecule has 0 saturated carbocycles. The van der Waals surface area contributed by atoms with E-state index in [1.54, 1.807) is 60.8 Å². The van der Waals surface area contributed by atoms with Crippen LogP contribution in [0.25, 0.3) is 10.9 Å². The summed E-state index contributed by atoms with van der Waals surface area (Å²) >= 11 is 0. The quantitative estimate of drug-likeness (QED) is 0.490. The van der Waals surface area contributed by atoms with Crippen LogP contribution in [0.3, 0.4) is 0 Å². The van der Waals surface area contributed by atoms with E-state index in [0.29, 0.717) is 33.4 Å². The van der Waals surface area contributed by atoms with Crippen molar-refractivity contribution in [3.8, 4) is 6.07 Å². The molecule has 4 N–H and O–H groups in total. The molecular formula is C22H18N6O. The summed E-state index contributed by atoms with van der Waals surface area (Å²) < 4.78 is 18.7. The van der Waals surface area contributed by atoms with Crippen molar-refractivity contribution in [2.75, 3.05) is 16.4 Å². The van der Waals surface area contributed by atoms with Crippen molar-refractivity contribution >= 4 is 34.1 Å². The fourth-order valence-electron chi connectivity index (χ4n) is 2.94. The number of nitrogens with two attached hydrogens (primary N) is 1. The fourth-order valence-corrected chi connectivity index (χ4v) is 2.94. The molecule has 0 atom stereocenters. The molecule has 2 aromatic heterocycles. The highest BCUT2D eigenvalue weighted by molar-refractivity contribution is 6.05. The highest BCUT2D eigenvalue weighted by Crippen LogP contribution is 2.25. The normalized spacial score (nSPS) is 12.0. The van der Waals surface area contributed by atoms with Gasteiger partial charge in [-0.25, -0.2) is 9.78 Å². The third-order valence-electron chi connectivity index (χ3n) is 4.28. The second kappa shape index (κ2) is 7.74. The molecule has 142 valence electrons. The summed E-state index contributed by atoms with van der Waals surface area (Å²) in [5, 5.41) is 15.1. The summed E-state index contributed by atoms with van der Waals surface area (Å²) in [4.78, 5) is 16.4. The number of urea groups is 1. The molecule has 2 amide bonds. The maximum Gasteiger partial charge on any atom is 0.323 e. The van der Waals surface area contributed by atoms with Crippen LogP contribution in [0.5, 0.6) is 0 Å². The molecule has 4 rings (SSSR count). The lowest BCUT2D eigenvalue weighted by molar-refractivity contribution is 0.262. The molecule has 7 heteroatoms. The number of nitrogens with one attached hydrogen (secondary N) is 2. The molecule has 29 heavy (non-hydrogen) atoms. The Kier molecular flexibility index (Phi) is 4.20. The summed E-state index contributed by atoms with van der Waals surface area (Å²) in [7, 11) is 0. The molecule has 7 nitrogen and oxygen atoms in total. The Bertz CT molecular complexity index is 1310. The van der Waals surface area contributed by atoms with Gasteiger partial charge in [-0.2, -0.15) is 5.26 Å². The number of anilines is 3. The number of carbonyl (C=O) groups excluding carboxylic acids is 1. The highest BCUT2D eigenvalue weighted by atomic mass is 16.2. The molecule has 4 aromatic rings. The van der Waals surface area contributed by atoms with E-state index in [9.17, 15) is 4.79 Å². The summed E-state index contributed by atoms with van der Waals surface area (Å²) in [5.74, 6) is 0.236. The monoisotopic (exact) mass is 384 g/mol. The lowest BCUT2D eigenvalue weighted by atomic mass is 10.2. The van der Waals surface area contributed by atoms with Crippen molar-refractivity contribution in [3.05, 3.63) is 84.2 Å². The molecule has 0 aliphatic carbocycles.